The van der Waals surface area contributed by atoms with E-state index in [1.807, 2.05) is 47.4 Å². The van der Waals surface area contributed by atoms with Crippen LogP contribution in [0.15, 0.2) is 48.5 Å². The summed E-state index contributed by atoms with van der Waals surface area (Å²) in [6.45, 7) is 5.75. The number of pyridine rings is 1. The summed E-state index contributed by atoms with van der Waals surface area (Å²) in [6.07, 6.45) is 3.84. The first-order valence-electron chi connectivity index (χ1n) is 9.47. The fraction of sp³-hybridized carbons (Fsp3) is 0.364. The maximum absolute atomic E-state index is 12.6. The summed E-state index contributed by atoms with van der Waals surface area (Å²) in [5.74, 6) is 0.567. The minimum Gasteiger partial charge on any atom is -0.410 e. The SMILES string of the molecule is CCCCN(CCCC)C(=O)Oc1ccc2nc3ccccc3cc2c1. The molecule has 4 heteroatoms. The number of aromatic nitrogens is 1. The Morgan fingerprint density at radius 1 is 0.923 bits per heavy atom. The lowest BCUT2D eigenvalue weighted by molar-refractivity contribution is 0.150. The van der Waals surface area contributed by atoms with E-state index in [4.69, 9.17) is 4.74 Å². The number of amides is 1. The molecule has 1 heterocycles. The minimum absolute atomic E-state index is 0.264. The van der Waals surface area contributed by atoms with Gasteiger partial charge >= 0.3 is 6.09 Å². The highest BCUT2D eigenvalue weighted by Crippen LogP contribution is 2.24. The predicted octanol–water partition coefficient (Wildman–Crippen LogP) is 5.79. The fourth-order valence-electron chi connectivity index (χ4n) is 2.98. The van der Waals surface area contributed by atoms with Gasteiger partial charge in [0, 0.05) is 23.9 Å². The van der Waals surface area contributed by atoms with Gasteiger partial charge in [0.25, 0.3) is 0 Å². The Bertz CT molecular complexity index is 884. The highest BCUT2D eigenvalue weighted by atomic mass is 16.6. The van der Waals surface area contributed by atoms with Gasteiger partial charge in [0.2, 0.25) is 0 Å². The predicted molar refractivity (Wildman–Crippen MR) is 107 cm³/mol. The zero-order chi connectivity index (χ0) is 18.4. The van der Waals surface area contributed by atoms with Crippen LogP contribution in [0.4, 0.5) is 4.79 Å². The summed E-state index contributed by atoms with van der Waals surface area (Å²) in [6, 6.07) is 15.7. The second-order valence-corrected chi connectivity index (χ2v) is 6.60. The molecular weight excluding hydrogens is 324 g/mol. The molecule has 0 spiro atoms. The number of unbranched alkanes of at least 4 members (excludes halogenated alkanes) is 2. The number of hydrogen-bond acceptors (Lipinski definition) is 3. The molecule has 0 saturated carbocycles. The van der Waals surface area contributed by atoms with Crippen molar-refractivity contribution in [3.05, 3.63) is 48.5 Å². The molecule has 26 heavy (non-hydrogen) atoms. The highest BCUT2D eigenvalue weighted by molar-refractivity contribution is 5.93. The van der Waals surface area contributed by atoms with Crippen molar-refractivity contribution in [1.29, 1.82) is 0 Å². The summed E-state index contributed by atoms with van der Waals surface area (Å²) < 4.78 is 5.65. The van der Waals surface area contributed by atoms with Crippen LogP contribution in [0, 0.1) is 0 Å². The van der Waals surface area contributed by atoms with Gasteiger partial charge in [-0.15, -0.1) is 0 Å². The normalized spacial score (nSPS) is 11.0. The molecule has 136 valence electrons. The first kappa shape index (κ1) is 18.2. The summed E-state index contributed by atoms with van der Waals surface area (Å²) in [5.41, 5.74) is 1.87. The van der Waals surface area contributed by atoms with Crippen molar-refractivity contribution in [1.82, 2.24) is 9.88 Å². The van der Waals surface area contributed by atoms with E-state index < -0.39 is 0 Å². The number of nitrogens with zero attached hydrogens (tertiary/aromatic N) is 2. The number of ether oxygens (including phenoxy) is 1. The lowest BCUT2D eigenvalue weighted by Crippen LogP contribution is -2.35. The first-order valence-corrected chi connectivity index (χ1v) is 9.47. The van der Waals surface area contributed by atoms with Crippen LogP contribution in [-0.2, 0) is 0 Å². The van der Waals surface area contributed by atoms with E-state index in [9.17, 15) is 4.79 Å². The van der Waals surface area contributed by atoms with Gasteiger partial charge in [-0.2, -0.15) is 0 Å². The quantitative estimate of drug-likeness (QED) is 0.507. The zero-order valence-electron chi connectivity index (χ0n) is 15.6. The summed E-state index contributed by atoms with van der Waals surface area (Å²) in [7, 11) is 0. The molecule has 0 atom stereocenters. The van der Waals surface area contributed by atoms with Crippen LogP contribution >= 0.6 is 0 Å². The monoisotopic (exact) mass is 350 g/mol. The second-order valence-electron chi connectivity index (χ2n) is 6.60. The Morgan fingerprint density at radius 3 is 2.35 bits per heavy atom. The van der Waals surface area contributed by atoms with Crippen molar-refractivity contribution in [3.63, 3.8) is 0 Å². The standard InChI is InChI=1S/C22H26N2O2/c1-3-5-13-24(14-6-4-2)22(25)26-19-11-12-21-18(16-19)15-17-9-7-8-10-20(17)23-21/h7-12,15-16H,3-6,13-14H2,1-2H3. The molecule has 0 aliphatic rings. The molecule has 3 rings (SSSR count). The molecule has 0 radical (unpaired) electrons. The highest BCUT2D eigenvalue weighted by Gasteiger charge is 2.15. The van der Waals surface area contributed by atoms with Gasteiger partial charge in [-0.3, -0.25) is 0 Å². The Labute approximate surface area is 154 Å². The molecule has 1 amide bonds. The zero-order valence-corrected chi connectivity index (χ0v) is 15.6. The van der Waals surface area contributed by atoms with E-state index in [-0.39, 0.29) is 6.09 Å². The fourth-order valence-corrected chi connectivity index (χ4v) is 2.98. The lowest BCUT2D eigenvalue weighted by Gasteiger charge is -2.21. The molecule has 0 saturated heterocycles. The van der Waals surface area contributed by atoms with Crippen molar-refractivity contribution in [2.24, 2.45) is 0 Å². The number of fused-ring (bicyclic) bond motifs is 2. The van der Waals surface area contributed by atoms with E-state index in [2.05, 4.69) is 24.9 Å². The van der Waals surface area contributed by atoms with E-state index in [0.717, 1.165) is 60.6 Å². The topological polar surface area (TPSA) is 42.4 Å². The molecule has 0 N–H and O–H groups in total. The number of hydrogen-bond donors (Lipinski definition) is 0. The number of carbonyl (C=O) groups is 1. The maximum atomic E-state index is 12.6. The van der Waals surface area contributed by atoms with Gasteiger partial charge in [-0.1, -0.05) is 44.9 Å². The third-order valence-corrected chi connectivity index (χ3v) is 4.51. The number of para-hydroxylation sites is 1. The number of rotatable bonds is 7. The van der Waals surface area contributed by atoms with Crippen molar-refractivity contribution >= 4 is 27.9 Å². The number of benzene rings is 2. The summed E-state index contributed by atoms with van der Waals surface area (Å²) in [4.78, 5) is 19.0. The van der Waals surface area contributed by atoms with Crippen molar-refractivity contribution in [2.75, 3.05) is 13.1 Å². The van der Waals surface area contributed by atoms with Crippen LogP contribution in [0.25, 0.3) is 21.8 Å². The lowest BCUT2D eigenvalue weighted by atomic mass is 10.1. The Balaban J connectivity index is 1.80. The van der Waals surface area contributed by atoms with Crippen LogP contribution in [0.1, 0.15) is 39.5 Å². The van der Waals surface area contributed by atoms with Crippen LogP contribution in [0.5, 0.6) is 5.75 Å². The first-order chi connectivity index (χ1) is 12.7. The maximum Gasteiger partial charge on any atom is 0.415 e. The van der Waals surface area contributed by atoms with Crippen molar-refractivity contribution in [3.8, 4) is 5.75 Å². The van der Waals surface area contributed by atoms with Gasteiger partial charge in [0.15, 0.2) is 0 Å². The largest absolute Gasteiger partial charge is 0.415 e. The van der Waals surface area contributed by atoms with E-state index in [1.165, 1.54) is 0 Å². The molecule has 2 aromatic carbocycles. The third kappa shape index (κ3) is 4.31. The Morgan fingerprint density at radius 2 is 1.62 bits per heavy atom. The molecule has 0 bridgehead atoms. The van der Waals surface area contributed by atoms with Gasteiger partial charge in [-0.05, 0) is 43.2 Å². The van der Waals surface area contributed by atoms with Gasteiger partial charge in [-0.25, -0.2) is 9.78 Å². The molecular formula is C22H26N2O2. The molecule has 3 aromatic rings. The molecule has 0 fully saturated rings. The minimum atomic E-state index is -0.264. The molecule has 1 aromatic heterocycles. The molecule has 0 unspecified atom stereocenters. The number of carbonyl (C=O) groups excluding carboxylic acids is 1. The van der Waals surface area contributed by atoms with Crippen molar-refractivity contribution in [2.45, 2.75) is 39.5 Å². The molecule has 4 nitrogen and oxygen atoms in total. The average molecular weight is 350 g/mol. The smallest absolute Gasteiger partial charge is 0.410 e. The van der Waals surface area contributed by atoms with E-state index in [0.29, 0.717) is 5.75 Å². The van der Waals surface area contributed by atoms with Gasteiger partial charge in [0.05, 0.1) is 11.0 Å². The molecule has 0 aliphatic carbocycles. The average Bonchev–Trinajstić information content (AvgIpc) is 2.66. The summed E-state index contributed by atoms with van der Waals surface area (Å²) >= 11 is 0. The Kier molecular flexibility index (Phi) is 6.05. The molecule has 0 aliphatic heterocycles. The Hall–Kier alpha value is -2.62. The van der Waals surface area contributed by atoms with Gasteiger partial charge < -0.3 is 9.64 Å². The second kappa shape index (κ2) is 8.65. The summed E-state index contributed by atoms with van der Waals surface area (Å²) in [5, 5.41) is 2.05. The van der Waals surface area contributed by atoms with Gasteiger partial charge in [0.1, 0.15) is 5.75 Å². The van der Waals surface area contributed by atoms with E-state index >= 15 is 0 Å². The van der Waals surface area contributed by atoms with Crippen LogP contribution < -0.4 is 4.74 Å². The van der Waals surface area contributed by atoms with Crippen LogP contribution in [0.2, 0.25) is 0 Å². The van der Waals surface area contributed by atoms with Crippen molar-refractivity contribution < 1.29 is 9.53 Å². The van der Waals surface area contributed by atoms with Crippen LogP contribution in [-0.4, -0.2) is 29.1 Å². The van der Waals surface area contributed by atoms with Crippen LogP contribution in [0.3, 0.4) is 0 Å². The third-order valence-electron chi connectivity index (χ3n) is 4.51. The van der Waals surface area contributed by atoms with E-state index in [1.54, 1.807) is 0 Å².